The fraction of sp³-hybridized carbons (Fsp3) is 0.417. The van der Waals surface area contributed by atoms with Crippen molar-refractivity contribution < 1.29 is 0 Å². The fourth-order valence-corrected chi connectivity index (χ4v) is 1.72. The molecule has 0 aliphatic carbocycles. The summed E-state index contributed by atoms with van der Waals surface area (Å²) in [5.74, 6) is 2.53. The van der Waals surface area contributed by atoms with Gasteiger partial charge in [0, 0.05) is 37.1 Å². The molecule has 0 unspecified atom stereocenters. The second kappa shape index (κ2) is 4.95. The smallest absolute Gasteiger partial charge is 0.224 e. The highest BCUT2D eigenvalue weighted by atomic mass is 15.2. The van der Waals surface area contributed by atoms with Gasteiger partial charge in [-0.2, -0.15) is 4.98 Å². The van der Waals surface area contributed by atoms with Crippen LogP contribution in [-0.4, -0.2) is 26.1 Å². The summed E-state index contributed by atoms with van der Waals surface area (Å²) in [6.07, 6.45) is 4.60. The molecule has 0 amide bonds. The molecule has 0 aliphatic heterocycles. The van der Waals surface area contributed by atoms with Gasteiger partial charge in [-0.1, -0.05) is 6.92 Å². The van der Waals surface area contributed by atoms with Gasteiger partial charge in [0.05, 0.1) is 0 Å². The van der Waals surface area contributed by atoms with E-state index in [2.05, 4.69) is 27.2 Å². The third kappa shape index (κ3) is 2.43. The van der Waals surface area contributed by atoms with Crippen molar-refractivity contribution in [3.05, 3.63) is 30.0 Å². The first-order chi connectivity index (χ1) is 8.24. The van der Waals surface area contributed by atoms with Crippen LogP contribution < -0.4 is 5.32 Å². The molecule has 0 aliphatic rings. The van der Waals surface area contributed by atoms with Crippen molar-refractivity contribution in [3.63, 3.8) is 0 Å². The maximum absolute atomic E-state index is 4.48. The Labute approximate surface area is 101 Å². The summed E-state index contributed by atoms with van der Waals surface area (Å²) in [4.78, 5) is 13.1. The van der Waals surface area contributed by atoms with Crippen LogP contribution in [0.4, 0.5) is 5.95 Å². The minimum absolute atomic E-state index is 0.665. The van der Waals surface area contributed by atoms with Crippen molar-refractivity contribution >= 4 is 5.95 Å². The predicted octanol–water partition coefficient (Wildman–Crippen LogP) is 1.96. The van der Waals surface area contributed by atoms with Gasteiger partial charge in [-0.15, -0.1) is 0 Å². The molecule has 0 saturated carbocycles. The van der Waals surface area contributed by atoms with Crippen molar-refractivity contribution in [2.75, 3.05) is 11.9 Å². The Balaban J connectivity index is 2.44. The van der Waals surface area contributed by atoms with E-state index < -0.39 is 0 Å². The zero-order chi connectivity index (χ0) is 12.3. The Kier molecular flexibility index (Phi) is 3.37. The van der Waals surface area contributed by atoms with Crippen molar-refractivity contribution in [3.8, 4) is 5.82 Å². The van der Waals surface area contributed by atoms with E-state index in [-0.39, 0.29) is 0 Å². The summed E-state index contributed by atoms with van der Waals surface area (Å²) in [7, 11) is 0. The van der Waals surface area contributed by atoms with Gasteiger partial charge in [0.25, 0.3) is 0 Å². The molecule has 2 rings (SSSR count). The summed E-state index contributed by atoms with van der Waals surface area (Å²) >= 11 is 0. The van der Waals surface area contributed by atoms with Crippen LogP contribution in [0.2, 0.25) is 0 Å². The summed E-state index contributed by atoms with van der Waals surface area (Å²) in [6.45, 7) is 6.89. The molecule has 0 aromatic carbocycles. The molecule has 0 radical (unpaired) electrons. The number of anilines is 1. The lowest BCUT2D eigenvalue weighted by atomic mass is 10.4. The molecule has 17 heavy (non-hydrogen) atoms. The van der Waals surface area contributed by atoms with Gasteiger partial charge in [-0.3, -0.25) is 4.57 Å². The van der Waals surface area contributed by atoms with Crippen LogP contribution in [0, 0.1) is 6.92 Å². The Morgan fingerprint density at radius 3 is 2.82 bits per heavy atom. The number of nitrogens with zero attached hydrogens (tertiary/aromatic N) is 4. The Hall–Kier alpha value is -1.91. The van der Waals surface area contributed by atoms with Crippen molar-refractivity contribution in [2.45, 2.75) is 27.2 Å². The first-order valence-corrected chi connectivity index (χ1v) is 5.86. The normalized spacial score (nSPS) is 10.5. The molecule has 0 fully saturated rings. The molecule has 0 atom stereocenters. The summed E-state index contributed by atoms with van der Waals surface area (Å²) in [5.41, 5.74) is 0.946. The molecule has 2 aromatic rings. The maximum Gasteiger partial charge on any atom is 0.224 e. The third-order valence-electron chi connectivity index (χ3n) is 2.46. The van der Waals surface area contributed by atoms with Crippen LogP contribution in [0.3, 0.4) is 0 Å². The summed E-state index contributed by atoms with van der Waals surface area (Å²) in [6, 6.07) is 1.96. The van der Waals surface area contributed by atoms with E-state index in [0.717, 1.165) is 30.3 Å². The number of hydrogen-bond acceptors (Lipinski definition) is 4. The molecule has 2 heterocycles. The van der Waals surface area contributed by atoms with Crippen LogP contribution in [0.1, 0.15) is 25.4 Å². The Morgan fingerprint density at radius 1 is 1.29 bits per heavy atom. The highest BCUT2D eigenvalue weighted by Gasteiger charge is 2.07. The number of hydrogen-bond donors (Lipinski definition) is 1. The quantitative estimate of drug-likeness (QED) is 0.874. The van der Waals surface area contributed by atoms with Gasteiger partial charge in [-0.25, -0.2) is 9.97 Å². The zero-order valence-electron chi connectivity index (χ0n) is 10.4. The second-order valence-electron chi connectivity index (χ2n) is 3.79. The number of aryl methyl sites for hydroxylation is 2. The third-order valence-corrected chi connectivity index (χ3v) is 2.46. The highest BCUT2D eigenvalue weighted by molar-refractivity contribution is 5.35. The largest absolute Gasteiger partial charge is 0.354 e. The number of imidazole rings is 1. The van der Waals surface area contributed by atoms with Crippen molar-refractivity contribution in [2.24, 2.45) is 0 Å². The van der Waals surface area contributed by atoms with E-state index in [1.165, 1.54) is 0 Å². The SMILES string of the molecule is CCNc1nc(C)cc(-n2ccnc2CC)n1. The monoisotopic (exact) mass is 231 g/mol. The van der Waals surface area contributed by atoms with Crippen LogP contribution >= 0.6 is 0 Å². The van der Waals surface area contributed by atoms with Gasteiger partial charge in [0.2, 0.25) is 5.95 Å². The number of aromatic nitrogens is 4. The highest BCUT2D eigenvalue weighted by Crippen LogP contribution is 2.12. The summed E-state index contributed by atoms with van der Waals surface area (Å²) < 4.78 is 2.00. The van der Waals surface area contributed by atoms with Gasteiger partial charge in [-0.05, 0) is 13.8 Å². The topological polar surface area (TPSA) is 55.6 Å². The van der Waals surface area contributed by atoms with E-state index >= 15 is 0 Å². The van der Waals surface area contributed by atoms with E-state index in [9.17, 15) is 0 Å². The molecule has 2 aromatic heterocycles. The summed E-state index contributed by atoms with van der Waals surface area (Å²) in [5, 5.41) is 3.13. The fourth-order valence-electron chi connectivity index (χ4n) is 1.72. The van der Waals surface area contributed by atoms with Crippen molar-refractivity contribution in [1.29, 1.82) is 0 Å². The van der Waals surface area contributed by atoms with Gasteiger partial charge in [0.1, 0.15) is 11.6 Å². The van der Waals surface area contributed by atoms with Crippen LogP contribution in [0.5, 0.6) is 0 Å². The Bertz CT molecular complexity index is 503. The zero-order valence-corrected chi connectivity index (χ0v) is 10.4. The van der Waals surface area contributed by atoms with Crippen molar-refractivity contribution in [1.82, 2.24) is 19.5 Å². The molecule has 0 saturated heterocycles. The molecule has 0 spiro atoms. The first kappa shape index (κ1) is 11.6. The van der Waals surface area contributed by atoms with E-state index in [1.54, 1.807) is 6.20 Å². The van der Waals surface area contributed by atoms with Crippen LogP contribution in [0.15, 0.2) is 18.5 Å². The number of nitrogens with one attached hydrogen (secondary N) is 1. The number of rotatable bonds is 4. The lowest BCUT2D eigenvalue weighted by molar-refractivity contribution is 0.857. The molecular formula is C12H17N5. The first-order valence-electron chi connectivity index (χ1n) is 5.86. The standard InChI is InChI=1S/C12H17N5/c1-4-10-14-6-7-17(10)11-8-9(3)15-12(16-11)13-5-2/h6-8H,4-5H2,1-3H3,(H,13,15,16). The molecule has 5 heteroatoms. The average molecular weight is 231 g/mol. The van der Waals surface area contributed by atoms with E-state index in [0.29, 0.717) is 5.95 Å². The minimum atomic E-state index is 0.665. The van der Waals surface area contributed by atoms with Gasteiger partial charge >= 0.3 is 0 Å². The molecule has 0 bridgehead atoms. The van der Waals surface area contributed by atoms with E-state index in [4.69, 9.17) is 0 Å². The van der Waals surface area contributed by atoms with Gasteiger partial charge < -0.3 is 5.32 Å². The van der Waals surface area contributed by atoms with Gasteiger partial charge in [0.15, 0.2) is 0 Å². The molecule has 1 N–H and O–H groups in total. The minimum Gasteiger partial charge on any atom is -0.354 e. The lowest BCUT2D eigenvalue weighted by Crippen LogP contribution is -2.08. The lowest BCUT2D eigenvalue weighted by Gasteiger charge is -2.09. The van der Waals surface area contributed by atoms with Crippen LogP contribution in [-0.2, 0) is 6.42 Å². The molecular weight excluding hydrogens is 214 g/mol. The molecule has 5 nitrogen and oxygen atoms in total. The average Bonchev–Trinajstić information content (AvgIpc) is 2.76. The van der Waals surface area contributed by atoms with Crippen LogP contribution in [0.25, 0.3) is 5.82 Å². The van der Waals surface area contributed by atoms with E-state index in [1.807, 2.05) is 30.7 Å². The molecule has 90 valence electrons. The Morgan fingerprint density at radius 2 is 2.12 bits per heavy atom. The second-order valence-corrected chi connectivity index (χ2v) is 3.79. The predicted molar refractivity (Wildman–Crippen MR) is 67.4 cm³/mol. The maximum atomic E-state index is 4.48.